The van der Waals surface area contributed by atoms with Gasteiger partial charge >= 0.3 is 0 Å². The number of amides is 1. The molecule has 6 heteroatoms. The molecule has 0 spiro atoms. The van der Waals surface area contributed by atoms with E-state index in [-0.39, 0.29) is 5.91 Å². The number of aryl methyl sites for hydroxylation is 1. The SMILES string of the molecule is Cc1cc(Br)cc(C(=O)NCCn2cnnc2C2CC2)c1. The molecule has 1 heterocycles. The van der Waals surface area contributed by atoms with Crippen LogP contribution < -0.4 is 5.32 Å². The fourth-order valence-corrected chi connectivity index (χ4v) is 2.96. The van der Waals surface area contributed by atoms with Gasteiger partial charge in [-0.25, -0.2) is 0 Å². The van der Waals surface area contributed by atoms with Crippen LogP contribution in [0.3, 0.4) is 0 Å². The Morgan fingerprint density at radius 2 is 2.24 bits per heavy atom. The Morgan fingerprint density at radius 3 is 2.95 bits per heavy atom. The first-order valence-corrected chi connectivity index (χ1v) is 7.86. The molecule has 1 saturated carbocycles. The number of benzene rings is 1. The minimum absolute atomic E-state index is 0.0551. The smallest absolute Gasteiger partial charge is 0.251 e. The molecule has 1 aliphatic carbocycles. The van der Waals surface area contributed by atoms with Crippen molar-refractivity contribution < 1.29 is 4.79 Å². The largest absolute Gasteiger partial charge is 0.350 e. The van der Waals surface area contributed by atoms with Gasteiger partial charge in [-0.2, -0.15) is 0 Å². The standard InChI is InChI=1S/C15H17BrN4O/c1-10-6-12(8-13(16)7-10)15(21)17-4-5-20-9-18-19-14(20)11-2-3-11/h6-9,11H,2-5H2,1H3,(H,17,21). The van der Waals surface area contributed by atoms with Crippen LogP contribution in [0.15, 0.2) is 29.0 Å². The zero-order chi connectivity index (χ0) is 14.8. The van der Waals surface area contributed by atoms with E-state index >= 15 is 0 Å². The molecular weight excluding hydrogens is 332 g/mol. The number of nitrogens with zero attached hydrogens (tertiary/aromatic N) is 3. The lowest BCUT2D eigenvalue weighted by molar-refractivity contribution is 0.0952. The zero-order valence-corrected chi connectivity index (χ0v) is 13.4. The van der Waals surface area contributed by atoms with Gasteiger partial charge in [0.05, 0.1) is 0 Å². The van der Waals surface area contributed by atoms with E-state index in [0.717, 1.165) is 15.9 Å². The Kier molecular flexibility index (Phi) is 4.05. The molecule has 0 unspecified atom stereocenters. The topological polar surface area (TPSA) is 59.8 Å². The van der Waals surface area contributed by atoms with Gasteiger partial charge in [0.1, 0.15) is 12.2 Å². The second-order valence-electron chi connectivity index (χ2n) is 5.43. The lowest BCUT2D eigenvalue weighted by Crippen LogP contribution is -2.27. The number of carbonyl (C=O) groups excluding carboxylic acids is 1. The predicted molar refractivity (Wildman–Crippen MR) is 83.2 cm³/mol. The molecule has 0 radical (unpaired) electrons. The van der Waals surface area contributed by atoms with Crippen molar-refractivity contribution in [2.24, 2.45) is 0 Å². The number of hydrogen-bond donors (Lipinski definition) is 1. The molecule has 1 N–H and O–H groups in total. The maximum atomic E-state index is 12.1. The molecule has 0 atom stereocenters. The molecule has 1 aliphatic rings. The maximum absolute atomic E-state index is 12.1. The fraction of sp³-hybridized carbons (Fsp3) is 0.400. The molecular formula is C15H17BrN4O. The summed E-state index contributed by atoms with van der Waals surface area (Å²) in [5.74, 6) is 1.55. The summed E-state index contributed by atoms with van der Waals surface area (Å²) in [5.41, 5.74) is 1.73. The molecule has 1 aromatic carbocycles. The average molecular weight is 349 g/mol. The Labute approximate surface area is 131 Å². The van der Waals surface area contributed by atoms with E-state index < -0.39 is 0 Å². The molecule has 0 bridgehead atoms. The normalized spacial score (nSPS) is 14.2. The van der Waals surface area contributed by atoms with Gasteiger partial charge < -0.3 is 9.88 Å². The van der Waals surface area contributed by atoms with Gasteiger partial charge in [-0.15, -0.1) is 10.2 Å². The Balaban J connectivity index is 1.57. The number of halogens is 1. The van der Waals surface area contributed by atoms with Crippen LogP contribution in [0.2, 0.25) is 0 Å². The molecule has 110 valence electrons. The molecule has 0 saturated heterocycles. The van der Waals surface area contributed by atoms with Crippen molar-refractivity contribution in [3.63, 3.8) is 0 Å². The van der Waals surface area contributed by atoms with E-state index in [9.17, 15) is 4.79 Å². The quantitative estimate of drug-likeness (QED) is 0.903. The van der Waals surface area contributed by atoms with Gasteiger partial charge in [0.25, 0.3) is 5.91 Å². The summed E-state index contributed by atoms with van der Waals surface area (Å²) < 4.78 is 2.95. The first-order valence-electron chi connectivity index (χ1n) is 7.06. The first-order chi connectivity index (χ1) is 10.1. The minimum atomic E-state index is -0.0551. The second kappa shape index (κ2) is 5.97. The molecule has 5 nitrogen and oxygen atoms in total. The average Bonchev–Trinajstić information content (AvgIpc) is 3.17. The van der Waals surface area contributed by atoms with Gasteiger partial charge in [-0.1, -0.05) is 15.9 Å². The van der Waals surface area contributed by atoms with Crippen LogP contribution in [0.25, 0.3) is 0 Å². The highest BCUT2D eigenvalue weighted by Gasteiger charge is 2.28. The number of nitrogens with one attached hydrogen (secondary N) is 1. The van der Waals surface area contributed by atoms with Crippen molar-refractivity contribution >= 4 is 21.8 Å². The summed E-state index contributed by atoms with van der Waals surface area (Å²) in [4.78, 5) is 12.1. The summed E-state index contributed by atoms with van der Waals surface area (Å²) in [7, 11) is 0. The molecule has 1 aromatic heterocycles. The van der Waals surface area contributed by atoms with Crippen LogP contribution in [0.1, 0.15) is 40.5 Å². The zero-order valence-electron chi connectivity index (χ0n) is 11.8. The summed E-state index contributed by atoms with van der Waals surface area (Å²) in [6, 6.07) is 5.70. The van der Waals surface area contributed by atoms with Crippen LogP contribution in [0.4, 0.5) is 0 Å². The van der Waals surface area contributed by atoms with E-state index in [2.05, 4.69) is 31.4 Å². The fourth-order valence-electron chi connectivity index (χ4n) is 2.35. The van der Waals surface area contributed by atoms with Crippen LogP contribution in [0, 0.1) is 6.92 Å². The van der Waals surface area contributed by atoms with Crippen LogP contribution in [-0.4, -0.2) is 27.2 Å². The molecule has 1 amide bonds. The molecule has 3 rings (SSSR count). The van der Waals surface area contributed by atoms with E-state index in [1.54, 1.807) is 6.33 Å². The van der Waals surface area contributed by atoms with Gasteiger partial charge in [0.2, 0.25) is 0 Å². The lowest BCUT2D eigenvalue weighted by atomic mass is 10.1. The Hall–Kier alpha value is -1.69. The Morgan fingerprint density at radius 1 is 1.43 bits per heavy atom. The van der Waals surface area contributed by atoms with Crippen molar-refractivity contribution in [3.8, 4) is 0 Å². The lowest BCUT2D eigenvalue weighted by Gasteiger charge is -2.08. The molecule has 1 fully saturated rings. The summed E-state index contributed by atoms with van der Waals surface area (Å²) in [5, 5.41) is 11.1. The van der Waals surface area contributed by atoms with Crippen LogP contribution in [-0.2, 0) is 6.54 Å². The van der Waals surface area contributed by atoms with Crippen molar-refractivity contribution in [2.45, 2.75) is 32.2 Å². The number of hydrogen-bond acceptors (Lipinski definition) is 3. The van der Waals surface area contributed by atoms with Gasteiger partial charge in [-0.3, -0.25) is 4.79 Å². The summed E-state index contributed by atoms with van der Waals surface area (Å²) in [6.45, 7) is 3.25. The first kappa shape index (κ1) is 14.3. The van der Waals surface area contributed by atoms with Crippen molar-refractivity contribution in [3.05, 3.63) is 46.0 Å². The number of carbonyl (C=O) groups is 1. The third-order valence-electron chi connectivity index (χ3n) is 3.53. The molecule has 2 aromatic rings. The predicted octanol–water partition coefficient (Wildman–Crippen LogP) is 2.66. The van der Waals surface area contributed by atoms with Crippen molar-refractivity contribution in [2.75, 3.05) is 6.54 Å². The van der Waals surface area contributed by atoms with E-state index in [4.69, 9.17) is 0 Å². The highest BCUT2D eigenvalue weighted by molar-refractivity contribution is 9.10. The molecule has 0 aliphatic heterocycles. The number of rotatable bonds is 5. The summed E-state index contributed by atoms with van der Waals surface area (Å²) in [6.07, 6.45) is 4.13. The van der Waals surface area contributed by atoms with E-state index in [1.807, 2.05) is 29.7 Å². The summed E-state index contributed by atoms with van der Waals surface area (Å²) >= 11 is 3.41. The third-order valence-corrected chi connectivity index (χ3v) is 3.99. The van der Waals surface area contributed by atoms with Gasteiger partial charge in [0, 0.05) is 29.0 Å². The number of aromatic nitrogens is 3. The Bertz CT molecular complexity index is 643. The van der Waals surface area contributed by atoms with E-state index in [1.165, 1.54) is 12.8 Å². The maximum Gasteiger partial charge on any atom is 0.251 e. The van der Waals surface area contributed by atoms with Crippen LogP contribution >= 0.6 is 15.9 Å². The van der Waals surface area contributed by atoms with Crippen LogP contribution in [0.5, 0.6) is 0 Å². The van der Waals surface area contributed by atoms with Gasteiger partial charge in [-0.05, 0) is 43.5 Å². The van der Waals surface area contributed by atoms with E-state index in [0.29, 0.717) is 24.6 Å². The van der Waals surface area contributed by atoms with Crippen molar-refractivity contribution in [1.82, 2.24) is 20.1 Å². The monoisotopic (exact) mass is 348 g/mol. The highest BCUT2D eigenvalue weighted by atomic mass is 79.9. The second-order valence-corrected chi connectivity index (χ2v) is 6.35. The highest BCUT2D eigenvalue weighted by Crippen LogP contribution is 2.38. The third kappa shape index (κ3) is 3.50. The van der Waals surface area contributed by atoms with Crippen molar-refractivity contribution in [1.29, 1.82) is 0 Å². The minimum Gasteiger partial charge on any atom is -0.350 e. The van der Waals surface area contributed by atoms with Gasteiger partial charge in [0.15, 0.2) is 0 Å². The molecule has 21 heavy (non-hydrogen) atoms.